The van der Waals surface area contributed by atoms with Crippen molar-refractivity contribution in [3.05, 3.63) is 76.0 Å². The summed E-state index contributed by atoms with van der Waals surface area (Å²) in [5.41, 5.74) is 2.49. The number of aromatic carboxylic acids is 1. The van der Waals surface area contributed by atoms with E-state index in [0.717, 1.165) is 11.1 Å². The number of benzene rings is 2. The molecule has 0 fully saturated rings. The molecule has 0 aliphatic heterocycles. The van der Waals surface area contributed by atoms with Crippen LogP contribution in [0.25, 0.3) is 11.1 Å². The summed E-state index contributed by atoms with van der Waals surface area (Å²) in [6.07, 6.45) is 6.43. The van der Waals surface area contributed by atoms with Crippen LogP contribution in [0.1, 0.15) is 48.1 Å². The van der Waals surface area contributed by atoms with Gasteiger partial charge in [0.25, 0.3) is 0 Å². The Morgan fingerprint density at radius 2 is 1.86 bits per heavy atom. The van der Waals surface area contributed by atoms with Crippen LogP contribution in [0, 0.1) is 12.3 Å². The lowest BCUT2D eigenvalue weighted by molar-refractivity contribution is 0.0697. The van der Waals surface area contributed by atoms with Crippen LogP contribution >= 0.6 is 0 Å². The van der Waals surface area contributed by atoms with E-state index in [-0.39, 0.29) is 17.3 Å². The summed E-state index contributed by atoms with van der Waals surface area (Å²) in [5, 5.41) is 13.8. The highest BCUT2D eigenvalue weighted by Gasteiger charge is 2.16. The minimum Gasteiger partial charge on any atom is -0.478 e. The van der Waals surface area contributed by atoms with Crippen LogP contribution in [-0.2, 0) is 13.0 Å². The van der Waals surface area contributed by atoms with Gasteiger partial charge in [-0.2, -0.15) is 5.10 Å². The first-order chi connectivity index (χ1) is 13.9. The molecule has 6 heteroatoms. The number of hydrogen-bond acceptors (Lipinski definition) is 3. The third kappa shape index (κ3) is 4.30. The summed E-state index contributed by atoms with van der Waals surface area (Å²) >= 11 is 0. The van der Waals surface area contributed by atoms with E-state index in [9.17, 15) is 14.7 Å². The normalized spacial score (nSPS) is 10.8. The van der Waals surface area contributed by atoms with E-state index in [2.05, 4.69) is 11.0 Å². The zero-order valence-corrected chi connectivity index (χ0v) is 16.5. The molecular weight excluding hydrogens is 366 g/mol. The Labute approximate surface area is 169 Å². The Kier molecular flexibility index (Phi) is 5.99. The van der Waals surface area contributed by atoms with Crippen LogP contribution in [-0.4, -0.2) is 25.4 Å². The minimum absolute atomic E-state index is 0.0387. The number of aromatic nitrogens is 3. The second kappa shape index (κ2) is 8.61. The van der Waals surface area contributed by atoms with Crippen molar-refractivity contribution in [1.82, 2.24) is 14.3 Å². The van der Waals surface area contributed by atoms with E-state index in [1.54, 1.807) is 22.8 Å². The maximum absolute atomic E-state index is 12.8. The van der Waals surface area contributed by atoms with Gasteiger partial charge in [-0.1, -0.05) is 42.5 Å². The second-order valence-electron chi connectivity index (χ2n) is 7.08. The van der Waals surface area contributed by atoms with Crippen molar-refractivity contribution < 1.29 is 9.90 Å². The van der Waals surface area contributed by atoms with Crippen molar-refractivity contribution in [2.75, 3.05) is 0 Å². The van der Waals surface area contributed by atoms with Gasteiger partial charge in [0.15, 0.2) is 0 Å². The van der Waals surface area contributed by atoms with E-state index in [4.69, 9.17) is 6.42 Å². The first-order valence-corrected chi connectivity index (χ1v) is 9.45. The zero-order chi connectivity index (χ0) is 21.0. The summed E-state index contributed by atoms with van der Waals surface area (Å²) in [6, 6.07) is 14.4. The highest BCUT2D eigenvalue weighted by molar-refractivity contribution is 5.95. The van der Waals surface area contributed by atoms with Crippen molar-refractivity contribution >= 4 is 5.97 Å². The third-order valence-electron chi connectivity index (χ3n) is 4.71. The van der Waals surface area contributed by atoms with Gasteiger partial charge in [-0.15, -0.1) is 12.3 Å². The molecule has 148 valence electrons. The predicted molar refractivity (Wildman–Crippen MR) is 112 cm³/mol. The third-order valence-corrected chi connectivity index (χ3v) is 4.71. The summed E-state index contributed by atoms with van der Waals surface area (Å²) in [5.74, 6) is 2.30. The number of aryl methyl sites for hydroxylation is 1. The maximum Gasteiger partial charge on any atom is 0.346 e. The number of nitrogens with zero attached hydrogens (tertiary/aromatic N) is 3. The molecule has 0 aliphatic rings. The molecule has 6 nitrogen and oxygen atoms in total. The molecular formula is C23H23N3O3. The van der Waals surface area contributed by atoms with Gasteiger partial charge in [-0.05, 0) is 36.6 Å². The van der Waals surface area contributed by atoms with Crippen LogP contribution in [0.3, 0.4) is 0 Å². The number of hydrogen-bond donors (Lipinski definition) is 1. The van der Waals surface area contributed by atoms with Gasteiger partial charge in [-0.25, -0.2) is 14.3 Å². The van der Waals surface area contributed by atoms with Crippen LogP contribution in [0.2, 0.25) is 0 Å². The monoisotopic (exact) mass is 389 g/mol. The maximum atomic E-state index is 12.8. The fraction of sp³-hybridized carbons (Fsp3) is 0.261. The van der Waals surface area contributed by atoms with Crippen molar-refractivity contribution in [3.63, 3.8) is 0 Å². The first-order valence-electron chi connectivity index (χ1n) is 9.45. The summed E-state index contributed by atoms with van der Waals surface area (Å²) < 4.78 is 3.13. The molecule has 29 heavy (non-hydrogen) atoms. The van der Waals surface area contributed by atoms with E-state index in [1.807, 2.05) is 44.2 Å². The summed E-state index contributed by atoms with van der Waals surface area (Å²) in [6.45, 7) is 4.21. The Morgan fingerprint density at radius 3 is 2.48 bits per heavy atom. The van der Waals surface area contributed by atoms with Gasteiger partial charge >= 0.3 is 11.7 Å². The van der Waals surface area contributed by atoms with Gasteiger partial charge in [0, 0.05) is 12.8 Å². The van der Waals surface area contributed by atoms with Crippen molar-refractivity contribution in [3.8, 4) is 23.5 Å². The fourth-order valence-corrected chi connectivity index (χ4v) is 3.21. The lowest BCUT2D eigenvalue weighted by Gasteiger charge is -2.09. The molecule has 0 saturated carbocycles. The Hall–Kier alpha value is -3.59. The van der Waals surface area contributed by atoms with Gasteiger partial charge < -0.3 is 5.11 Å². The van der Waals surface area contributed by atoms with Gasteiger partial charge in [-0.3, -0.25) is 4.57 Å². The molecule has 3 aromatic rings. The lowest BCUT2D eigenvalue weighted by Crippen LogP contribution is -2.27. The molecule has 0 atom stereocenters. The molecule has 0 bridgehead atoms. The van der Waals surface area contributed by atoms with Crippen LogP contribution in [0.4, 0.5) is 0 Å². The summed E-state index contributed by atoms with van der Waals surface area (Å²) in [4.78, 5) is 24.2. The standard InChI is InChI=1S/C23H23N3O3/c1-4-5-10-21-24-26(16(2)3)23(29)25(21)15-17-11-13-18(14-12-17)19-8-6-7-9-20(19)22(27)28/h1,6-9,11-14,16H,5,10,15H2,2-3H3,(H,27,28). The van der Waals surface area contributed by atoms with Gasteiger partial charge in [0.1, 0.15) is 5.82 Å². The Balaban J connectivity index is 1.92. The van der Waals surface area contributed by atoms with E-state index in [1.165, 1.54) is 4.68 Å². The highest BCUT2D eigenvalue weighted by Crippen LogP contribution is 2.24. The molecule has 0 saturated heterocycles. The topological polar surface area (TPSA) is 77.1 Å². The lowest BCUT2D eigenvalue weighted by atomic mass is 9.99. The molecule has 1 aromatic heterocycles. The van der Waals surface area contributed by atoms with Crippen molar-refractivity contribution in [2.24, 2.45) is 0 Å². The quantitative estimate of drug-likeness (QED) is 0.626. The Morgan fingerprint density at radius 1 is 1.17 bits per heavy atom. The molecule has 0 unspecified atom stereocenters. The zero-order valence-electron chi connectivity index (χ0n) is 16.5. The molecule has 0 radical (unpaired) electrons. The second-order valence-corrected chi connectivity index (χ2v) is 7.08. The molecule has 3 rings (SSSR count). The van der Waals surface area contributed by atoms with Crippen molar-refractivity contribution in [2.45, 2.75) is 39.3 Å². The van der Waals surface area contributed by atoms with E-state index >= 15 is 0 Å². The minimum atomic E-state index is -0.963. The number of terminal acetylenes is 1. The molecule has 0 aliphatic carbocycles. The molecule has 0 amide bonds. The predicted octanol–water partition coefficient (Wildman–Crippen LogP) is 3.61. The van der Waals surface area contributed by atoms with Crippen LogP contribution < -0.4 is 5.69 Å². The molecule has 2 aromatic carbocycles. The average molecular weight is 389 g/mol. The first kappa shape index (κ1) is 20.2. The molecule has 0 spiro atoms. The number of carboxylic acid groups (broad SMARTS) is 1. The number of rotatable bonds is 7. The molecule has 1 N–H and O–H groups in total. The van der Waals surface area contributed by atoms with E-state index < -0.39 is 5.97 Å². The number of carbonyl (C=O) groups is 1. The largest absolute Gasteiger partial charge is 0.478 e. The van der Waals surface area contributed by atoms with E-state index in [0.29, 0.717) is 30.8 Å². The van der Waals surface area contributed by atoms with Gasteiger partial charge in [0.2, 0.25) is 0 Å². The average Bonchev–Trinajstić information content (AvgIpc) is 3.02. The molecule has 1 heterocycles. The van der Waals surface area contributed by atoms with Crippen LogP contribution in [0.5, 0.6) is 0 Å². The number of carboxylic acids is 1. The highest BCUT2D eigenvalue weighted by atomic mass is 16.4. The smallest absolute Gasteiger partial charge is 0.346 e. The Bertz CT molecular complexity index is 1120. The fourth-order valence-electron chi connectivity index (χ4n) is 3.21. The van der Waals surface area contributed by atoms with Gasteiger partial charge in [0.05, 0.1) is 18.2 Å². The van der Waals surface area contributed by atoms with Crippen molar-refractivity contribution in [1.29, 1.82) is 0 Å². The summed E-state index contributed by atoms with van der Waals surface area (Å²) in [7, 11) is 0. The van der Waals surface area contributed by atoms with Crippen LogP contribution in [0.15, 0.2) is 53.3 Å². The SMILES string of the molecule is C#CCCc1nn(C(C)C)c(=O)n1Cc1ccc(-c2ccccc2C(=O)O)cc1.